The Morgan fingerprint density at radius 3 is 2.29 bits per heavy atom. The van der Waals surface area contributed by atoms with Crippen LogP contribution in [-0.2, 0) is 6.18 Å². The van der Waals surface area contributed by atoms with Crippen LogP contribution in [0.1, 0.15) is 36.5 Å². The Morgan fingerprint density at radius 2 is 1.71 bits per heavy atom. The third kappa shape index (κ3) is 3.46. The van der Waals surface area contributed by atoms with Crippen molar-refractivity contribution in [2.45, 2.75) is 25.9 Å². The Bertz CT molecular complexity index is 688. The molecule has 0 aliphatic carbocycles. The van der Waals surface area contributed by atoms with Gasteiger partial charge in [0.25, 0.3) is 0 Å². The van der Waals surface area contributed by atoms with E-state index in [2.05, 4.69) is 5.92 Å². The highest BCUT2D eigenvalue weighted by Gasteiger charge is 2.31. The molecule has 0 bridgehead atoms. The van der Waals surface area contributed by atoms with E-state index >= 15 is 0 Å². The van der Waals surface area contributed by atoms with Crippen LogP contribution in [0.3, 0.4) is 0 Å². The molecule has 0 amide bonds. The van der Waals surface area contributed by atoms with E-state index in [1.165, 1.54) is 0 Å². The molecule has 3 heteroatoms. The van der Waals surface area contributed by atoms with E-state index in [0.717, 1.165) is 23.3 Å². The summed E-state index contributed by atoms with van der Waals surface area (Å²) < 4.78 is 38.8. The van der Waals surface area contributed by atoms with Crippen LogP contribution in [-0.4, -0.2) is 0 Å². The zero-order chi connectivity index (χ0) is 15.6. The highest BCUT2D eigenvalue weighted by Crippen LogP contribution is 2.34. The molecule has 0 aliphatic rings. The second-order valence-electron chi connectivity index (χ2n) is 5.22. The van der Waals surface area contributed by atoms with E-state index in [1.807, 2.05) is 32.0 Å². The third-order valence-corrected chi connectivity index (χ3v) is 3.31. The Kier molecular flexibility index (Phi) is 4.09. The summed E-state index contributed by atoms with van der Waals surface area (Å²) in [5, 5.41) is 0. The highest BCUT2D eigenvalue weighted by molar-refractivity contribution is 5.67. The molecule has 0 fully saturated rings. The smallest absolute Gasteiger partial charge is 0.166 e. The SMILES string of the molecule is C#Cc1cc(-c2cccc(C(C)C)c2)cc(C(F)(F)F)c1. The number of alkyl halides is 3. The molecule has 0 nitrogen and oxygen atoms in total. The largest absolute Gasteiger partial charge is 0.416 e. The first-order valence-corrected chi connectivity index (χ1v) is 6.60. The summed E-state index contributed by atoms with van der Waals surface area (Å²) in [6.07, 6.45) is 0.864. The Labute approximate surface area is 122 Å². The van der Waals surface area contributed by atoms with Gasteiger partial charge in [-0.3, -0.25) is 0 Å². The van der Waals surface area contributed by atoms with Crippen molar-refractivity contribution in [2.75, 3.05) is 0 Å². The standard InChI is InChI=1S/C18H15F3/c1-4-13-8-16(11-17(9-13)18(19,20)21)15-7-5-6-14(10-15)12(2)3/h1,5-12H,2-3H3. The van der Waals surface area contributed by atoms with Gasteiger partial charge in [-0.25, -0.2) is 0 Å². The minimum atomic E-state index is -4.41. The molecule has 2 aromatic rings. The Morgan fingerprint density at radius 1 is 1.00 bits per heavy atom. The highest BCUT2D eigenvalue weighted by atomic mass is 19.4. The van der Waals surface area contributed by atoms with Crippen molar-refractivity contribution in [3.8, 4) is 23.5 Å². The van der Waals surface area contributed by atoms with Gasteiger partial charge in [-0.15, -0.1) is 6.42 Å². The Hall–Kier alpha value is -2.21. The van der Waals surface area contributed by atoms with Gasteiger partial charge in [0.2, 0.25) is 0 Å². The molecule has 0 radical (unpaired) electrons. The lowest BCUT2D eigenvalue weighted by Crippen LogP contribution is -2.05. The maximum Gasteiger partial charge on any atom is 0.416 e. The van der Waals surface area contributed by atoms with Crippen molar-refractivity contribution in [2.24, 2.45) is 0 Å². The molecule has 2 rings (SSSR count). The summed E-state index contributed by atoms with van der Waals surface area (Å²) >= 11 is 0. The topological polar surface area (TPSA) is 0 Å². The van der Waals surface area contributed by atoms with Gasteiger partial charge in [0, 0.05) is 5.56 Å². The van der Waals surface area contributed by atoms with Crippen molar-refractivity contribution < 1.29 is 13.2 Å². The molecule has 0 spiro atoms. The van der Waals surface area contributed by atoms with E-state index in [1.54, 1.807) is 12.1 Å². The predicted molar refractivity (Wildman–Crippen MR) is 78.9 cm³/mol. The second-order valence-corrected chi connectivity index (χ2v) is 5.22. The predicted octanol–water partition coefficient (Wildman–Crippen LogP) is 5.48. The number of hydrogen-bond acceptors (Lipinski definition) is 0. The zero-order valence-electron chi connectivity index (χ0n) is 11.8. The van der Waals surface area contributed by atoms with E-state index in [-0.39, 0.29) is 5.56 Å². The summed E-state index contributed by atoms with van der Waals surface area (Å²) in [6, 6.07) is 11.2. The molecule has 0 saturated carbocycles. The lowest BCUT2D eigenvalue weighted by molar-refractivity contribution is -0.137. The molecule has 0 heterocycles. The lowest BCUT2D eigenvalue weighted by Gasteiger charge is -2.12. The number of terminal acetylenes is 1. The molecule has 108 valence electrons. The minimum Gasteiger partial charge on any atom is -0.166 e. The van der Waals surface area contributed by atoms with E-state index in [4.69, 9.17) is 6.42 Å². The first kappa shape index (κ1) is 15.2. The molecule has 21 heavy (non-hydrogen) atoms. The first-order chi connectivity index (χ1) is 9.81. The van der Waals surface area contributed by atoms with Crippen molar-refractivity contribution in [3.05, 3.63) is 59.2 Å². The summed E-state index contributed by atoms with van der Waals surface area (Å²) in [5.41, 5.74) is 1.81. The van der Waals surface area contributed by atoms with Crippen LogP contribution in [0.15, 0.2) is 42.5 Å². The molecule has 0 aromatic heterocycles. The van der Waals surface area contributed by atoms with Gasteiger partial charge in [0.05, 0.1) is 5.56 Å². The fraction of sp³-hybridized carbons (Fsp3) is 0.222. The monoisotopic (exact) mass is 288 g/mol. The van der Waals surface area contributed by atoms with Gasteiger partial charge in [-0.1, -0.05) is 44.0 Å². The number of halogens is 3. The van der Waals surface area contributed by atoms with Crippen LogP contribution >= 0.6 is 0 Å². The third-order valence-electron chi connectivity index (χ3n) is 3.31. The lowest BCUT2D eigenvalue weighted by atomic mass is 9.95. The quantitative estimate of drug-likeness (QED) is 0.642. The van der Waals surface area contributed by atoms with Gasteiger partial charge in [0.15, 0.2) is 0 Å². The van der Waals surface area contributed by atoms with Crippen molar-refractivity contribution in [1.29, 1.82) is 0 Å². The average molecular weight is 288 g/mol. The molecular formula is C18H15F3. The van der Waals surface area contributed by atoms with E-state index in [9.17, 15) is 13.2 Å². The molecule has 0 aliphatic heterocycles. The van der Waals surface area contributed by atoms with Crippen LogP contribution in [0.2, 0.25) is 0 Å². The minimum absolute atomic E-state index is 0.231. The summed E-state index contributed by atoms with van der Waals surface area (Å²) in [6.45, 7) is 4.08. The summed E-state index contributed by atoms with van der Waals surface area (Å²) in [4.78, 5) is 0. The van der Waals surface area contributed by atoms with Gasteiger partial charge < -0.3 is 0 Å². The molecule has 0 N–H and O–H groups in total. The van der Waals surface area contributed by atoms with E-state index < -0.39 is 11.7 Å². The van der Waals surface area contributed by atoms with Gasteiger partial charge in [-0.05, 0) is 40.8 Å². The molecule has 0 saturated heterocycles. The van der Waals surface area contributed by atoms with Gasteiger partial charge in [-0.2, -0.15) is 13.2 Å². The van der Waals surface area contributed by atoms with Crippen molar-refractivity contribution in [3.63, 3.8) is 0 Å². The maximum absolute atomic E-state index is 12.9. The van der Waals surface area contributed by atoms with Crippen LogP contribution in [0.25, 0.3) is 11.1 Å². The zero-order valence-corrected chi connectivity index (χ0v) is 11.8. The van der Waals surface area contributed by atoms with E-state index in [0.29, 0.717) is 11.5 Å². The molecule has 0 unspecified atom stereocenters. The molecule has 0 atom stereocenters. The summed E-state index contributed by atoms with van der Waals surface area (Å²) in [5.74, 6) is 2.60. The first-order valence-electron chi connectivity index (χ1n) is 6.60. The van der Waals surface area contributed by atoms with Gasteiger partial charge in [0.1, 0.15) is 0 Å². The maximum atomic E-state index is 12.9. The number of rotatable bonds is 2. The average Bonchev–Trinajstić information content (AvgIpc) is 2.46. The van der Waals surface area contributed by atoms with Crippen molar-refractivity contribution >= 4 is 0 Å². The fourth-order valence-corrected chi connectivity index (χ4v) is 2.12. The normalized spacial score (nSPS) is 11.5. The fourth-order valence-electron chi connectivity index (χ4n) is 2.12. The van der Waals surface area contributed by atoms with Crippen molar-refractivity contribution in [1.82, 2.24) is 0 Å². The molecular weight excluding hydrogens is 273 g/mol. The van der Waals surface area contributed by atoms with Gasteiger partial charge >= 0.3 is 6.18 Å². The van der Waals surface area contributed by atoms with Crippen LogP contribution < -0.4 is 0 Å². The van der Waals surface area contributed by atoms with Crippen LogP contribution in [0.5, 0.6) is 0 Å². The van der Waals surface area contributed by atoms with Crippen LogP contribution in [0, 0.1) is 12.3 Å². The number of benzene rings is 2. The van der Waals surface area contributed by atoms with Crippen LogP contribution in [0.4, 0.5) is 13.2 Å². The molecule has 2 aromatic carbocycles. The summed E-state index contributed by atoms with van der Waals surface area (Å²) in [7, 11) is 0. The second kappa shape index (κ2) is 5.65. The number of hydrogen-bond donors (Lipinski definition) is 0. The Balaban J connectivity index is 2.59.